The van der Waals surface area contributed by atoms with Crippen LogP contribution in [0.1, 0.15) is 33.9 Å². The summed E-state index contributed by atoms with van der Waals surface area (Å²) in [6.45, 7) is 0. The smallest absolute Gasteiger partial charge is 0.141 e. The normalized spacial score (nSPS) is 12.4. The van der Waals surface area contributed by atoms with Gasteiger partial charge in [0, 0.05) is 25.7 Å². The summed E-state index contributed by atoms with van der Waals surface area (Å²) < 4.78 is 0. The van der Waals surface area contributed by atoms with Gasteiger partial charge in [-0.05, 0) is 81.9 Å². The molecule has 0 spiro atoms. The van der Waals surface area contributed by atoms with Gasteiger partial charge in [0.2, 0.25) is 0 Å². The molecular weight excluding hydrogens is 558 g/mol. The van der Waals surface area contributed by atoms with Gasteiger partial charge in [-0.15, -0.1) is 0 Å². The number of aliphatic hydroxyl groups excluding tert-OH is 1. The zero-order valence-corrected chi connectivity index (χ0v) is 23.0. The minimum atomic E-state index is -1.61. The minimum absolute atomic E-state index is 0.553. The molecule has 0 amide bonds. The number of hydrogen-bond donors (Lipinski definition) is 2. The maximum Gasteiger partial charge on any atom is 0.141 e. The van der Waals surface area contributed by atoms with Gasteiger partial charge in [0.05, 0.1) is 0 Å². The maximum absolute atomic E-state index is 12.7. The van der Waals surface area contributed by atoms with Crippen molar-refractivity contribution in [2.45, 2.75) is 11.7 Å². The molecule has 0 fully saturated rings. The van der Waals surface area contributed by atoms with Crippen LogP contribution in [0.5, 0.6) is 0 Å². The Kier molecular flexibility index (Phi) is 7.83. The molecule has 0 radical (unpaired) electrons. The highest BCUT2D eigenvalue weighted by atomic mass is 35.5. The average molecular weight is 580 g/mol. The third-order valence-corrected chi connectivity index (χ3v) is 7.63. The van der Waals surface area contributed by atoms with Crippen LogP contribution in [0, 0.1) is 0 Å². The number of rotatable bonds is 6. The highest BCUT2D eigenvalue weighted by Crippen LogP contribution is 2.45. The van der Waals surface area contributed by atoms with Gasteiger partial charge in [-0.25, -0.2) is 0 Å². The van der Waals surface area contributed by atoms with E-state index < -0.39 is 11.7 Å². The van der Waals surface area contributed by atoms with Crippen LogP contribution in [0.4, 0.5) is 0 Å². The fourth-order valence-corrected chi connectivity index (χ4v) is 5.23. The van der Waals surface area contributed by atoms with E-state index in [2.05, 4.69) is 0 Å². The van der Waals surface area contributed by atoms with E-state index in [0.717, 1.165) is 5.56 Å². The summed E-state index contributed by atoms with van der Waals surface area (Å²) in [5, 5.41) is 26.6. The lowest BCUT2D eigenvalue weighted by Crippen LogP contribution is -2.30. The predicted octanol–water partition coefficient (Wildman–Crippen LogP) is 9.33. The molecule has 0 heterocycles. The summed E-state index contributed by atoms with van der Waals surface area (Å²) >= 11 is 24.7. The van der Waals surface area contributed by atoms with Gasteiger partial charge in [-0.1, -0.05) is 113 Å². The molecule has 0 bridgehead atoms. The molecule has 0 aromatic heterocycles. The Hall–Kier alpha value is -2.82. The molecule has 1 unspecified atom stereocenters. The minimum Gasteiger partial charge on any atom is -0.384 e. The Morgan fingerprint density at radius 1 is 0.526 bits per heavy atom. The van der Waals surface area contributed by atoms with Crippen molar-refractivity contribution in [3.05, 3.63) is 163 Å². The summed E-state index contributed by atoms with van der Waals surface area (Å²) in [4.78, 5) is 0. The van der Waals surface area contributed by atoms with E-state index in [1.807, 2.05) is 30.3 Å². The molecule has 2 nitrogen and oxygen atoms in total. The number of halogens is 4. The molecule has 1 atom stereocenters. The molecule has 0 saturated heterocycles. The summed E-state index contributed by atoms with van der Waals surface area (Å²) in [6, 6.07) is 34.1. The molecule has 0 aliphatic heterocycles. The van der Waals surface area contributed by atoms with Crippen molar-refractivity contribution in [2.75, 3.05) is 0 Å². The summed E-state index contributed by atoms with van der Waals surface area (Å²) in [5.74, 6) is 0. The third kappa shape index (κ3) is 5.21. The Morgan fingerprint density at radius 2 is 0.947 bits per heavy atom. The van der Waals surface area contributed by atoms with Gasteiger partial charge in [-0.3, -0.25) is 0 Å². The lowest BCUT2D eigenvalue weighted by molar-refractivity contribution is 0.126. The van der Waals surface area contributed by atoms with Crippen LogP contribution < -0.4 is 0 Å². The molecule has 190 valence electrons. The first-order valence-corrected chi connectivity index (χ1v) is 13.4. The van der Waals surface area contributed by atoms with Crippen LogP contribution in [0.15, 0.2) is 115 Å². The SMILES string of the molecule is OC(c1ccc(Cl)cc1)c1cccc(C(O)(c2ccc(Cl)cc2)c2ccc(Cl)cc2)c1-c1ccc(Cl)cc1. The van der Waals surface area contributed by atoms with Crippen molar-refractivity contribution < 1.29 is 10.2 Å². The largest absolute Gasteiger partial charge is 0.384 e. The maximum atomic E-state index is 12.7. The van der Waals surface area contributed by atoms with Gasteiger partial charge >= 0.3 is 0 Å². The fourth-order valence-electron chi connectivity index (χ4n) is 4.72. The van der Waals surface area contributed by atoms with E-state index in [0.29, 0.717) is 53.5 Å². The Labute approximate surface area is 241 Å². The zero-order chi connectivity index (χ0) is 26.9. The van der Waals surface area contributed by atoms with Crippen LogP contribution in [-0.4, -0.2) is 10.2 Å². The van der Waals surface area contributed by atoms with Crippen molar-refractivity contribution in [2.24, 2.45) is 0 Å². The van der Waals surface area contributed by atoms with Gasteiger partial charge in [0.25, 0.3) is 0 Å². The standard InChI is InChI=1S/C32H22Cl4O2/c33-24-12-4-20(5-13-24)30-28(31(37)21-6-14-25(34)15-7-21)2-1-3-29(30)32(38,22-8-16-26(35)17-9-22)23-10-18-27(36)19-11-23/h1-19,31,37-38H. The van der Waals surface area contributed by atoms with Crippen LogP contribution >= 0.6 is 46.4 Å². The van der Waals surface area contributed by atoms with Gasteiger partial charge in [0.15, 0.2) is 0 Å². The van der Waals surface area contributed by atoms with Crippen molar-refractivity contribution in [3.8, 4) is 11.1 Å². The second-order valence-corrected chi connectivity index (χ2v) is 10.7. The van der Waals surface area contributed by atoms with Crippen LogP contribution in [0.2, 0.25) is 20.1 Å². The monoisotopic (exact) mass is 578 g/mol. The van der Waals surface area contributed by atoms with Crippen LogP contribution in [0.3, 0.4) is 0 Å². The molecule has 2 N–H and O–H groups in total. The molecule has 5 rings (SSSR count). The molecule has 5 aromatic rings. The molecule has 38 heavy (non-hydrogen) atoms. The summed E-state index contributed by atoms with van der Waals surface area (Å²) in [5.41, 5.74) is 2.94. The van der Waals surface area contributed by atoms with E-state index in [-0.39, 0.29) is 0 Å². The highest BCUT2D eigenvalue weighted by molar-refractivity contribution is 6.31. The van der Waals surface area contributed by atoms with E-state index >= 15 is 0 Å². The molecule has 6 heteroatoms. The van der Waals surface area contributed by atoms with Gasteiger partial charge in [0.1, 0.15) is 11.7 Å². The van der Waals surface area contributed by atoms with Crippen LogP contribution in [0.25, 0.3) is 11.1 Å². The topological polar surface area (TPSA) is 40.5 Å². The Bertz CT molecular complexity index is 1500. The fraction of sp³-hybridized carbons (Fsp3) is 0.0625. The van der Waals surface area contributed by atoms with E-state index in [1.54, 1.807) is 84.9 Å². The quantitative estimate of drug-likeness (QED) is 0.197. The second kappa shape index (κ2) is 11.1. The molecule has 0 aliphatic carbocycles. The van der Waals surface area contributed by atoms with Crippen molar-refractivity contribution >= 4 is 46.4 Å². The number of benzene rings is 5. The number of aliphatic hydroxyl groups is 2. The van der Waals surface area contributed by atoms with E-state index in [9.17, 15) is 10.2 Å². The van der Waals surface area contributed by atoms with Crippen LogP contribution in [-0.2, 0) is 5.60 Å². The molecular formula is C32H22Cl4O2. The second-order valence-electron chi connectivity index (χ2n) is 8.95. The van der Waals surface area contributed by atoms with Gasteiger partial charge < -0.3 is 10.2 Å². The average Bonchev–Trinajstić information content (AvgIpc) is 2.93. The molecule has 0 aliphatic rings. The van der Waals surface area contributed by atoms with Crippen molar-refractivity contribution in [1.29, 1.82) is 0 Å². The first-order valence-electron chi connectivity index (χ1n) is 11.8. The van der Waals surface area contributed by atoms with Gasteiger partial charge in [-0.2, -0.15) is 0 Å². The number of hydrogen-bond acceptors (Lipinski definition) is 2. The van der Waals surface area contributed by atoms with Crippen molar-refractivity contribution in [3.63, 3.8) is 0 Å². The third-order valence-electron chi connectivity index (χ3n) is 6.62. The Morgan fingerprint density at radius 3 is 1.42 bits per heavy atom. The highest BCUT2D eigenvalue weighted by Gasteiger charge is 2.37. The summed E-state index contributed by atoms with van der Waals surface area (Å²) in [7, 11) is 0. The summed E-state index contributed by atoms with van der Waals surface area (Å²) in [6.07, 6.45) is -0.988. The lowest BCUT2D eigenvalue weighted by atomic mass is 9.75. The molecule has 0 saturated carbocycles. The zero-order valence-electron chi connectivity index (χ0n) is 20.0. The van der Waals surface area contributed by atoms with E-state index in [1.165, 1.54) is 0 Å². The van der Waals surface area contributed by atoms with E-state index in [4.69, 9.17) is 46.4 Å². The predicted molar refractivity (Wildman–Crippen MR) is 157 cm³/mol. The Balaban J connectivity index is 1.83. The molecule has 5 aromatic carbocycles. The first-order chi connectivity index (χ1) is 18.3. The first kappa shape index (κ1) is 26.8. The van der Waals surface area contributed by atoms with Crippen molar-refractivity contribution in [1.82, 2.24) is 0 Å². The lowest BCUT2D eigenvalue weighted by Gasteiger charge is -2.34.